The second kappa shape index (κ2) is 7.11. The fourth-order valence-electron chi connectivity index (χ4n) is 1.67. The zero-order valence-electron chi connectivity index (χ0n) is 11.2. The Kier molecular flexibility index (Phi) is 5.20. The molecule has 112 valence electrons. The number of carboxylic acid groups (broad SMARTS) is 1. The normalized spacial score (nSPS) is 10.6. The first-order valence-electron chi connectivity index (χ1n) is 6.23. The van der Waals surface area contributed by atoms with E-state index in [4.69, 9.17) is 28.3 Å². The second-order valence-corrected chi connectivity index (χ2v) is 5.22. The maximum Gasteiger partial charge on any atom is 0.335 e. The largest absolute Gasteiger partial charge is 0.478 e. The molecule has 0 saturated carbocycles. The summed E-state index contributed by atoms with van der Waals surface area (Å²) in [5, 5.41) is 12.3. The molecule has 0 fully saturated rings. The molecular weight excluding hydrogens is 325 g/mol. The first-order valence-corrected chi connectivity index (χ1v) is 6.99. The van der Waals surface area contributed by atoms with E-state index in [0.29, 0.717) is 5.02 Å². The van der Waals surface area contributed by atoms with Crippen LogP contribution in [0.4, 0.5) is 5.69 Å². The molecule has 0 aliphatic rings. The number of hydrogen-bond acceptors (Lipinski definition) is 2. The van der Waals surface area contributed by atoms with Gasteiger partial charge in [-0.1, -0.05) is 35.3 Å². The number of aromatic carboxylic acids is 1. The third-order valence-corrected chi connectivity index (χ3v) is 3.35. The van der Waals surface area contributed by atoms with Gasteiger partial charge in [-0.3, -0.25) is 4.79 Å². The van der Waals surface area contributed by atoms with Crippen LogP contribution < -0.4 is 5.32 Å². The highest BCUT2D eigenvalue weighted by Gasteiger charge is 2.08. The Balaban J connectivity index is 2.10. The quantitative estimate of drug-likeness (QED) is 0.816. The lowest BCUT2D eigenvalue weighted by molar-refractivity contribution is -0.111. The van der Waals surface area contributed by atoms with E-state index in [1.165, 1.54) is 24.3 Å². The van der Waals surface area contributed by atoms with Gasteiger partial charge in [-0.05, 0) is 42.0 Å². The van der Waals surface area contributed by atoms with E-state index in [0.717, 1.165) is 5.56 Å². The summed E-state index contributed by atoms with van der Waals surface area (Å²) in [4.78, 5) is 22.8. The van der Waals surface area contributed by atoms with Gasteiger partial charge in [0.2, 0.25) is 5.91 Å². The van der Waals surface area contributed by atoms with Crippen molar-refractivity contribution in [3.63, 3.8) is 0 Å². The van der Waals surface area contributed by atoms with Crippen LogP contribution in [0.5, 0.6) is 0 Å². The third kappa shape index (κ3) is 4.35. The van der Waals surface area contributed by atoms with Gasteiger partial charge in [0.15, 0.2) is 0 Å². The van der Waals surface area contributed by atoms with Crippen molar-refractivity contribution in [1.29, 1.82) is 0 Å². The Labute approximate surface area is 137 Å². The van der Waals surface area contributed by atoms with E-state index in [1.54, 1.807) is 30.3 Å². The molecule has 22 heavy (non-hydrogen) atoms. The van der Waals surface area contributed by atoms with E-state index in [2.05, 4.69) is 5.32 Å². The minimum atomic E-state index is -1.09. The number of carbonyl (C=O) groups is 2. The summed E-state index contributed by atoms with van der Waals surface area (Å²) in [6, 6.07) is 11.1. The molecule has 0 unspecified atom stereocenters. The van der Waals surface area contributed by atoms with Crippen molar-refractivity contribution in [2.45, 2.75) is 0 Å². The van der Waals surface area contributed by atoms with Crippen molar-refractivity contribution in [3.05, 3.63) is 69.7 Å². The maximum absolute atomic E-state index is 11.9. The van der Waals surface area contributed by atoms with E-state index >= 15 is 0 Å². The van der Waals surface area contributed by atoms with E-state index in [9.17, 15) is 9.59 Å². The summed E-state index contributed by atoms with van der Waals surface area (Å²) in [6.07, 6.45) is 2.94. The molecule has 0 radical (unpaired) electrons. The van der Waals surface area contributed by atoms with Gasteiger partial charge >= 0.3 is 5.97 Å². The highest BCUT2D eigenvalue weighted by atomic mass is 35.5. The highest BCUT2D eigenvalue weighted by molar-refractivity contribution is 6.34. The zero-order chi connectivity index (χ0) is 16.1. The van der Waals surface area contributed by atoms with Gasteiger partial charge in [-0.25, -0.2) is 4.79 Å². The Morgan fingerprint density at radius 1 is 1.05 bits per heavy atom. The summed E-state index contributed by atoms with van der Waals surface area (Å²) >= 11 is 11.7. The lowest BCUT2D eigenvalue weighted by Crippen LogP contribution is -2.09. The van der Waals surface area contributed by atoms with Gasteiger partial charge < -0.3 is 10.4 Å². The van der Waals surface area contributed by atoms with Crippen LogP contribution in [0.25, 0.3) is 6.08 Å². The number of carbonyl (C=O) groups excluding carboxylic acids is 1. The summed E-state index contributed by atoms with van der Waals surface area (Å²) < 4.78 is 0. The Morgan fingerprint density at radius 3 is 2.36 bits per heavy atom. The standard InChI is InChI=1S/C16H11Cl2NO3/c17-12-5-1-10(2-6-12)3-8-15(20)19-14-9-11(16(21)22)4-7-13(14)18/h1-9H,(H,19,20)(H,21,22). The van der Waals surface area contributed by atoms with Gasteiger partial charge in [0.25, 0.3) is 0 Å². The van der Waals surface area contributed by atoms with Crippen molar-refractivity contribution in [2.24, 2.45) is 0 Å². The number of carboxylic acids is 1. The number of rotatable bonds is 4. The van der Waals surface area contributed by atoms with Crippen LogP contribution >= 0.6 is 23.2 Å². The van der Waals surface area contributed by atoms with Crippen molar-refractivity contribution in [3.8, 4) is 0 Å². The number of nitrogens with one attached hydrogen (secondary N) is 1. The summed E-state index contributed by atoms with van der Waals surface area (Å²) in [7, 11) is 0. The number of benzene rings is 2. The lowest BCUT2D eigenvalue weighted by atomic mass is 10.2. The van der Waals surface area contributed by atoms with E-state index in [-0.39, 0.29) is 16.3 Å². The first kappa shape index (κ1) is 16.1. The minimum Gasteiger partial charge on any atom is -0.478 e. The van der Waals surface area contributed by atoms with Crippen molar-refractivity contribution in [1.82, 2.24) is 0 Å². The van der Waals surface area contributed by atoms with Gasteiger partial charge in [0.05, 0.1) is 16.3 Å². The average molecular weight is 336 g/mol. The van der Waals surface area contributed by atoms with Gasteiger partial charge in [-0.15, -0.1) is 0 Å². The molecule has 2 aromatic rings. The van der Waals surface area contributed by atoms with Crippen LogP contribution in [0.1, 0.15) is 15.9 Å². The fourth-order valence-corrected chi connectivity index (χ4v) is 1.97. The predicted octanol–water partition coefficient (Wildman–Crippen LogP) is 4.34. The van der Waals surface area contributed by atoms with Crippen molar-refractivity contribution < 1.29 is 14.7 Å². The maximum atomic E-state index is 11.9. The number of amides is 1. The molecule has 6 heteroatoms. The highest BCUT2D eigenvalue weighted by Crippen LogP contribution is 2.23. The van der Waals surface area contributed by atoms with Crippen LogP contribution in [0.3, 0.4) is 0 Å². The summed E-state index contributed by atoms with van der Waals surface area (Å²) in [5.74, 6) is -1.51. The molecule has 0 spiro atoms. The van der Waals surface area contributed by atoms with Crippen molar-refractivity contribution in [2.75, 3.05) is 5.32 Å². The van der Waals surface area contributed by atoms with Gasteiger partial charge in [0, 0.05) is 11.1 Å². The van der Waals surface area contributed by atoms with E-state index in [1.807, 2.05) is 0 Å². The molecule has 2 aromatic carbocycles. The molecule has 0 saturated heterocycles. The predicted molar refractivity (Wildman–Crippen MR) is 87.5 cm³/mol. The van der Waals surface area contributed by atoms with Crippen LogP contribution in [-0.2, 0) is 4.79 Å². The monoisotopic (exact) mass is 335 g/mol. The SMILES string of the molecule is O=C(C=Cc1ccc(Cl)cc1)Nc1cc(C(=O)O)ccc1Cl. The van der Waals surface area contributed by atoms with Crippen molar-refractivity contribution >= 4 is 46.8 Å². The van der Waals surface area contributed by atoms with Gasteiger partial charge in [-0.2, -0.15) is 0 Å². The zero-order valence-corrected chi connectivity index (χ0v) is 12.7. The smallest absolute Gasteiger partial charge is 0.335 e. The lowest BCUT2D eigenvalue weighted by Gasteiger charge is -2.06. The Morgan fingerprint density at radius 2 is 1.73 bits per heavy atom. The average Bonchev–Trinajstić information content (AvgIpc) is 2.48. The number of hydrogen-bond donors (Lipinski definition) is 2. The molecule has 0 aliphatic carbocycles. The summed E-state index contributed by atoms with van der Waals surface area (Å²) in [6.45, 7) is 0. The first-order chi connectivity index (χ1) is 10.5. The topological polar surface area (TPSA) is 66.4 Å². The number of anilines is 1. The molecule has 4 nitrogen and oxygen atoms in total. The molecule has 2 rings (SSSR count). The molecular formula is C16H11Cl2NO3. The second-order valence-electron chi connectivity index (χ2n) is 4.37. The Bertz CT molecular complexity index is 740. The molecule has 0 aromatic heterocycles. The molecule has 1 amide bonds. The molecule has 0 atom stereocenters. The fraction of sp³-hybridized carbons (Fsp3) is 0. The van der Waals surface area contributed by atoms with E-state index < -0.39 is 11.9 Å². The molecule has 0 heterocycles. The minimum absolute atomic E-state index is 0.0429. The summed E-state index contributed by atoms with van der Waals surface area (Å²) in [5.41, 5.74) is 1.10. The van der Waals surface area contributed by atoms with Crippen LogP contribution in [0.15, 0.2) is 48.5 Å². The molecule has 2 N–H and O–H groups in total. The molecule has 0 bridgehead atoms. The van der Waals surface area contributed by atoms with Crippen LogP contribution in [0, 0.1) is 0 Å². The van der Waals surface area contributed by atoms with Gasteiger partial charge in [0.1, 0.15) is 0 Å². The van der Waals surface area contributed by atoms with Crippen LogP contribution in [0.2, 0.25) is 10.0 Å². The Hall–Kier alpha value is -2.30. The third-order valence-electron chi connectivity index (χ3n) is 2.77. The van der Waals surface area contributed by atoms with Crippen LogP contribution in [-0.4, -0.2) is 17.0 Å². The molecule has 0 aliphatic heterocycles. The number of halogens is 2.